The van der Waals surface area contributed by atoms with E-state index in [0.717, 1.165) is 30.9 Å². The van der Waals surface area contributed by atoms with E-state index in [-0.39, 0.29) is 11.2 Å². The number of rotatable bonds is 2. The van der Waals surface area contributed by atoms with Crippen molar-refractivity contribution in [3.63, 3.8) is 0 Å². The van der Waals surface area contributed by atoms with E-state index in [4.69, 9.17) is 5.73 Å². The fraction of sp³-hybridized carbons (Fsp3) is 0.500. The smallest absolute Gasteiger partial charge is 0.237 e. The van der Waals surface area contributed by atoms with Gasteiger partial charge in [-0.25, -0.2) is 0 Å². The summed E-state index contributed by atoms with van der Waals surface area (Å²) < 4.78 is 0. The molecule has 3 rings (SSSR count). The lowest BCUT2D eigenvalue weighted by atomic mass is 9.77. The second-order valence-electron chi connectivity index (χ2n) is 5.38. The van der Waals surface area contributed by atoms with Gasteiger partial charge in [-0.15, -0.1) is 11.8 Å². The van der Waals surface area contributed by atoms with Crippen molar-refractivity contribution in [1.82, 2.24) is 0 Å². The minimum atomic E-state index is 0.00739. The van der Waals surface area contributed by atoms with Crippen LogP contribution in [0.2, 0.25) is 0 Å². The zero-order valence-corrected chi connectivity index (χ0v) is 11.3. The molecule has 2 aliphatic rings. The number of thioether (sulfide) groups is 1. The second kappa shape index (κ2) is 4.59. The molecule has 1 atom stereocenters. The van der Waals surface area contributed by atoms with Gasteiger partial charge in [0.25, 0.3) is 0 Å². The van der Waals surface area contributed by atoms with Crippen molar-refractivity contribution in [1.29, 1.82) is 0 Å². The van der Waals surface area contributed by atoms with E-state index in [0.29, 0.717) is 6.04 Å². The molecule has 1 aromatic carbocycles. The fourth-order valence-electron chi connectivity index (χ4n) is 2.67. The molecule has 1 saturated carbocycles. The average molecular weight is 262 g/mol. The maximum absolute atomic E-state index is 11.7. The van der Waals surface area contributed by atoms with Gasteiger partial charge >= 0.3 is 0 Å². The molecule has 1 heterocycles. The highest BCUT2D eigenvalue weighted by Crippen LogP contribution is 2.37. The van der Waals surface area contributed by atoms with Crippen LogP contribution >= 0.6 is 11.8 Å². The van der Waals surface area contributed by atoms with Gasteiger partial charge in [-0.05, 0) is 49.8 Å². The Kier molecular flexibility index (Phi) is 3.08. The monoisotopic (exact) mass is 262 g/mol. The molecule has 0 aromatic heterocycles. The topological polar surface area (TPSA) is 55.1 Å². The third-order valence-electron chi connectivity index (χ3n) is 3.77. The van der Waals surface area contributed by atoms with Crippen LogP contribution in [-0.2, 0) is 11.2 Å². The lowest BCUT2D eigenvalue weighted by Crippen LogP contribution is -2.37. The van der Waals surface area contributed by atoms with Gasteiger partial charge in [0.2, 0.25) is 5.91 Å². The number of anilines is 1. The summed E-state index contributed by atoms with van der Waals surface area (Å²) >= 11 is 1.64. The molecule has 18 heavy (non-hydrogen) atoms. The second-order valence-corrected chi connectivity index (χ2v) is 6.76. The molecule has 4 heteroatoms. The first-order valence-corrected chi connectivity index (χ1v) is 7.36. The number of hydrogen-bond acceptors (Lipinski definition) is 3. The average Bonchev–Trinajstić information content (AvgIpc) is 2.29. The first-order chi connectivity index (χ1) is 8.61. The zero-order chi connectivity index (χ0) is 12.7. The largest absolute Gasteiger partial charge is 0.328 e. The van der Waals surface area contributed by atoms with E-state index in [1.807, 2.05) is 6.92 Å². The van der Waals surface area contributed by atoms with Gasteiger partial charge in [0.15, 0.2) is 0 Å². The Labute approximate surface area is 112 Å². The summed E-state index contributed by atoms with van der Waals surface area (Å²) in [6.45, 7) is 1.94. The number of amides is 1. The summed E-state index contributed by atoms with van der Waals surface area (Å²) in [4.78, 5) is 12.8. The molecule has 3 N–H and O–H groups in total. The van der Waals surface area contributed by atoms with Crippen LogP contribution < -0.4 is 11.1 Å². The summed E-state index contributed by atoms with van der Waals surface area (Å²) in [5, 5.41) is 2.99. The molecule has 0 spiro atoms. The summed E-state index contributed by atoms with van der Waals surface area (Å²) in [7, 11) is 0. The van der Waals surface area contributed by atoms with Gasteiger partial charge in [0.1, 0.15) is 0 Å². The highest BCUT2D eigenvalue weighted by Gasteiger charge is 2.27. The van der Waals surface area contributed by atoms with Crippen LogP contribution in [0.4, 0.5) is 5.69 Å². The molecule has 1 fully saturated rings. The van der Waals surface area contributed by atoms with Crippen LogP contribution in [0.1, 0.15) is 25.3 Å². The van der Waals surface area contributed by atoms with Gasteiger partial charge in [-0.2, -0.15) is 0 Å². The highest BCUT2D eigenvalue weighted by atomic mass is 32.2. The van der Waals surface area contributed by atoms with Crippen LogP contribution in [0, 0.1) is 5.92 Å². The molecule has 1 unspecified atom stereocenters. The van der Waals surface area contributed by atoms with Crippen molar-refractivity contribution >= 4 is 23.4 Å². The van der Waals surface area contributed by atoms with Crippen LogP contribution in [0.15, 0.2) is 23.1 Å². The quantitative estimate of drug-likeness (QED) is 0.860. The van der Waals surface area contributed by atoms with Crippen molar-refractivity contribution in [3.05, 3.63) is 23.8 Å². The minimum Gasteiger partial charge on any atom is -0.328 e. The third-order valence-corrected chi connectivity index (χ3v) is 4.95. The highest BCUT2D eigenvalue weighted by molar-refractivity contribution is 8.00. The Morgan fingerprint density at radius 2 is 2.22 bits per heavy atom. The van der Waals surface area contributed by atoms with E-state index >= 15 is 0 Å². The molecule has 3 nitrogen and oxygen atoms in total. The van der Waals surface area contributed by atoms with Crippen LogP contribution in [-0.4, -0.2) is 17.2 Å². The molecule has 0 bridgehead atoms. The fourth-order valence-corrected chi connectivity index (χ4v) is 3.60. The Balaban J connectivity index is 1.74. The van der Waals surface area contributed by atoms with Gasteiger partial charge in [0, 0.05) is 10.9 Å². The van der Waals surface area contributed by atoms with Crippen LogP contribution in [0.25, 0.3) is 0 Å². The SMILES string of the molecule is CC1Sc2ccc(CC3CC(N)C3)cc2NC1=O. The van der Waals surface area contributed by atoms with Crippen molar-refractivity contribution in [3.8, 4) is 0 Å². The van der Waals surface area contributed by atoms with Crippen molar-refractivity contribution in [2.45, 2.75) is 42.4 Å². The van der Waals surface area contributed by atoms with Crippen LogP contribution in [0.3, 0.4) is 0 Å². The van der Waals surface area contributed by atoms with Gasteiger partial charge < -0.3 is 11.1 Å². The zero-order valence-electron chi connectivity index (χ0n) is 10.5. The lowest BCUT2D eigenvalue weighted by Gasteiger charge is -2.32. The molecule has 1 aromatic rings. The predicted octanol–water partition coefficient (Wildman–Crippen LogP) is 2.40. The molecule has 1 aliphatic carbocycles. The molecule has 1 amide bonds. The Morgan fingerprint density at radius 1 is 1.44 bits per heavy atom. The van der Waals surface area contributed by atoms with Crippen molar-refractivity contribution in [2.75, 3.05) is 5.32 Å². The normalized spacial score (nSPS) is 30.3. The predicted molar refractivity (Wildman–Crippen MR) is 74.8 cm³/mol. The molecule has 0 radical (unpaired) electrons. The van der Waals surface area contributed by atoms with Crippen LogP contribution in [0.5, 0.6) is 0 Å². The summed E-state index contributed by atoms with van der Waals surface area (Å²) in [6.07, 6.45) is 3.35. The standard InChI is InChI=1S/C14H18N2OS/c1-8-14(17)16-12-7-9(2-3-13(12)18-8)4-10-5-11(15)6-10/h2-3,7-8,10-11H,4-6,15H2,1H3,(H,16,17). The van der Waals surface area contributed by atoms with E-state index in [9.17, 15) is 4.79 Å². The van der Waals surface area contributed by atoms with E-state index in [1.165, 1.54) is 10.5 Å². The maximum atomic E-state index is 11.7. The number of benzene rings is 1. The number of carbonyl (C=O) groups excluding carboxylic acids is 1. The Hall–Kier alpha value is -1.00. The first kappa shape index (κ1) is 12.1. The first-order valence-electron chi connectivity index (χ1n) is 6.48. The van der Waals surface area contributed by atoms with E-state index in [1.54, 1.807) is 11.8 Å². The van der Waals surface area contributed by atoms with E-state index < -0.39 is 0 Å². The Bertz CT molecular complexity index is 483. The summed E-state index contributed by atoms with van der Waals surface area (Å²) in [5.41, 5.74) is 8.09. The number of hydrogen-bond donors (Lipinski definition) is 2. The molecular formula is C14H18N2OS. The molecule has 96 valence electrons. The van der Waals surface area contributed by atoms with Crippen molar-refractivity contribution < 1.29 is 4.79 Å². The molecule has 1 aliphatic heterocycles. The lowest BCUT2D eigenvalue weighted by molar-refractivity contribution is -0.115. The number of nitrogens with one attached hydrogen (secondary N) is 1. The maximum Gasteiger partial charge on any atom is 0.237 e. The summed E-state index contributed by atoms with van der Waals surface area (Å²) in [5.74, 6) is 0.833. The van der Waals surface area contributed by atoms with E-state index in [2.05, 4.69) is 23.5 Å². The van der Waals surface area contributed by atoms with Gasteiger partial charge in [-0.3, -0.25) is 4.79 Å². The third kappa shape index (κ3) is 2.27. The van der Waals surface area contributed by atoms with Gasteiger partial charge in [-0.1, -0.05) is 6.07 Å². The summed E-state index contributed by atoms with van der Waals surface area (Å²) in [6, 6.07) is 6.84. The number of nitrogens with two attached hydrogens (primary N) is 1. The van der Waals surface area contributed by atoms with Crippen molar-refractivity contribution in [2.24, 2.45) is 11.7 Å². The van der Waals surface area contributed by atoms with Gasteiger partial charge in [0.05, 0.1) is 10.9 Å². The minimum absolute atomic E-state index is 0.00739. The molecule has 0 saturated heterocycles. The molecular weight excluding hydrogens is 244 g/mol. The number of carbonyl (C=O) groups is 1. The Morgan fingerprint density at radius 3 is 2.94 bits per heavy atom. The number of fused-ring (bicyclic) bond motifs is 1.